The third-order valence-electron chi connectivity index (χ3n) is 2.27. The maximum atomic E-state index is 5.61. The van der Waals surface area contributed by atoms with Gasteiger partial charge in [0.15, 0.2) is 0 Å². The summed E-state index contributed by atoms with van der Waals surface area (Å²) in [5, 5.41) is 3.40. The van der Waals surface area contributed by atoms with E-state index in [0.717, 1.165) is 19.0 Å². The summed E-state index contributed by atoms with van der Waals surface area (Å²) >= 11 is 0. The summed E-state index contributed by atoms with van der Waals surface area (Å²) in [5.41, 5.74) is 0. The molecule has 0 fully saturated rings. The van der Waals surface area contributed by atoms with E-state index in [-0.39, 0.29) is 6.10 Å². The molecule has 0 rings (SSSR count). The zero-order valence-corrected chi connectivity index (χ0v) is 11.6. The van der Waals surface area contributed by atoms with Gasteiger partial charge in [0, 0.05) is 6.54 Å². The molecule has 0 heterocycles. The third kappa shape index (κ3) is 12.0. The average molecular weight is 231 g/mol. The molecule has 0 aromatic heterocycles. The molecule has 3 heteroatoms. The van der Waals surface area contributed by atoms with Crippen molar-refractivity contribution in [1.82, 2.24) is 5.32 Å². The molecule has 0 aliphatic rings. The Balaban J connectivity index is 3.21. The van der Waals surface area contributed by atoms with Crippen molar-refractivity contribution in [2.45, 2.75) is 53.2 Å². The van der Waals surface area contributed by atoms with Crippen molar-refractivity contribution in [3.05, 3.63) is 0 Å². The zero-order chi connectivity index (χ0) is 12.4. The van der Waals surface area contributed by atoms with Crippen LogP contribution in [0.15, 0.2) is 0 Å². The summed E-state index contributed by atoms with van der Waals surface area (Å²) in [4.78, 5) is 0. The zero-order valence-electron chi connectivity index (χ0n) is 11.6. The number of rotatable bonds is 10. The lowest BCUT2D eigenvalue weighted by Crippen LogP contribution is -2.29. The van der Waals surface area contributed by atoms with Crippen LogP contribution in [0.2, 0.25) is 0 Å². The molecule has 0 amide bonds. The van der Waals surface area contributed by atoms with Crippen LogP contribution in [-0.4, -0.2) is 38.5 Å². The van der Waals surface area contributed by atoms with Crippen molar-refractivity contribution in [1.29, 1.82) is 0 Å². The Morgan fingerprint density at radius 1 is 0.938 bits per heavy atom. The van der Waals surface area contributed by atoms with E-state index in [1.165, 1.54) is 6.42 Å². The second kappa shape index (κ2) is 10.1. The molecular weight excluding hydrogens is 202 g/mol. The minimum absolute atomic E-state index is 0.267. The molecule has 0 aliphatic carbocycles. The molecular formula is C13H29NO2. The first-order chi connectivity index (χ1) is 7.52. The van der Waals surface area contributed by atoms with Crippen LogP contribution in [0.25, 0.3) is 0 Å². The van der Waals surface area contributed by atoms with E-state index in [1.807, 2.05) is 13.8 Å². The Morgan fingerprint density at radius 3 is 2.12 bits per heavy atom. The van der Waals surface area contributed by atoms with E-state index < -0.39 is 0 Å². The Labute approximate surface area is 101 Å². The van der Waals surface area contributed by atoms with E-state index in [0.29, 0.717) is 19.3 Å². The first-order valence-corrected chi connectivity index (χ1v) is 6.46. The van der Waals surface area contributed by atoms with Gasteiger partial charge in [-0.25, -0.2) is 0 Å². The number of nitrogens with one attached hydrogen (secondary N) is 1. The Kier molecular flexibility index (Phi) is 9.99. The molecule has 1 atom stereocenters. The lowest BCUT2D eigenvalue weighted by molar-refractivity contribution is -0.00608. The maximum Gasteiger partial charge on any atom is 0.0704 e. The van der Waals surface area contributed by atoms with Gasteiger partial charge in [-0.05, 0) is 39.7 Å². The predicted molar refractivity (Wildman–Crippen MR) is 68.8 cm³/mol. The summed E-state index contributed by atoms with van der Waals surface area (Å²) < 4.78 is 11.0. The molecule has 1 N–H and O–H groups in total. The molecule has 98 valence electrons. The van der Waals surface area contributed by atoms with Crippen molar-refractivity contribution < 1.29 is 9.47 Å². The quantitative estimate of drug-likeness (QED) is 0.586. The van der Waals surface area contributed by atoms with Crippen LogP contribution >= 0.6 is 0 Å². The van der Waals surface area contributed by atoms with Gasteiger partial charge in [0.2, 0.25) is 0 Å². The van der Waals surface area contributed by atoms with Crippen molar-refractivity contribution >= 4 is 0 Å². The first kappa shape index (κ1) is 15.9. The number of ether oxygens (including phenoxy) is 2. The summed E-state index contributed by atoms with van der Waals surface area (Å²) in [6.07, 6.45) is 1.79. The highest BCUT2D eigenvalue weighted by Gasteiger charge is 2.02. The van der Waals surface area contributed by atoms with Gasteiger partial charge in [0.1, 0.15) is 0 Å². The topological polar surface area (TPSA) is 30.5 Å². The van der Waals surface area contributed by atoms with Crippen molar-refractivity contribution in [2.24, 2.45) is 5.92 Å². The van der Waals surface area contributed by atoms with Gasteiger partial charge in [-0.3, -0.25) is 0 Å². The molecule has 0 bridgehead atoms. The van der Waals surface area contributed by atoms with Gasteiger partial charge < -0.3 is 14.8 Å². The highest BCUT2D eigenvalue weighted by Crippen LogP contribution is 1.97. The van der Waals surface area contributed by atoms with Crippen molar-refractivity contribution in [3.63, 3.8) is 0 Å². The smallest absolute Gasteiger partial charge is 0.0704 e. The maximum absolute atomic E-state index is 5.61. The van der Waals surface area contributed by atoms with E-state index >= 15 is 0 Å². The van der Waals surface area contributed by atoms with Crippen molar-refractivity contribution in [3.8, 4) is 0 Å². The standard InChI is InChI=1S/C13H29NO2/c1-11(2)6-7-14-10-13(5)16-9-8-15-12(3)4/h11-14H,6-10H2,1-5H3. The van der Waals surface area contributed by atoms with Gasteiger partial charge in [0.05, 0.1) is 25.4 Å². The van der Waals surface area contributed by atoms with Crippen LogP contribution in [-0.2, 0) is 9.47 Å². The first-order valence-electron chi connectivity index (χ1n) is 6.46. The fraction of sp³-hybridized carbons (Fsp3) is 1.00. The number of hydrogen-bond acceptors (Lipinski definition) is 3. The largest absolute Gasteiger partial charge is 0.376 e. The molecule has 0 aliphatic heterocycles. The van der Waals surface area contributed by atoms with E-state index in [9.17, 15) is 0 Å². The lowest BCUT2D eigenvalue weighted by Gasteiger charge is -2.15. The third-order valence-corrected chi connectivity index (χ3v) is 2.27. The molecule has 0 saturated heterocycles. The van der Waals surface area contributed by atoms with Gasteiger partial charge in [-0.1, -0.05) is 13.8 Å². The monoisotopic (exact) mass is 231 g/mol. The van der Waals surface area contributed by atoms with E-state index in [2.05, 4.69) is 26.1 Å². The van der Waals surface area contributed by atoms with Gasteiger partial charge in [-0.2, -0.15) is 0 Å². The lowest BCUT2D eigenvalue weighted by atomic mass is 10.1. The molecule has 16 heavy (non-hydrogen) atoms. The fourth-order valence-corrected chi connectivity index (χ4v) is 1.29. The minimum Gasteiger partial charge on any atom is -0.376 e. The molecule has 0 aromatic rings. The van der Waals surface area contributed by atoms with E-state index in [1.54, 1.807) is 0 Å². The molecule has 0 radical (unpaired) electrons. The van der Waals surface area contributed by atoms with Crippen LogP contribution < -0.4 is 5.32 Å². The Hall–Kier alpha value is -0.120. The number of hydrogen-bond donors (Lipinski definition) is 1. The molecule has 0 spiro atoms. The summed E-state index contributed by atoms with van der Waals surface area (Å²) in [7, 11) is 0. The molecule has 0 saturated carbocycles. The van der Waals surface area contributed by atoms with Crippen LogP contribution in [0.5, 0.6) is 0 Å². The Bertz CT molecular complexity index is 133. The van der Waals surface area contributed by atoms with Crippen LogP contribution in [0.1, 0.15) is 41.0 Å². The van der Waals surface area contributed by atoms with Crippen LogP contribution in [0.4, 0.5) is 0 Å². The summed E-state index contributed by atoms with van der Waals surface area (Å²) in [5.74, 6) is 0.767. The Morgan fingerprint density at radius 2 is 1.56 bits per heavy atom. The highest BCUT2D eigenvalue weighted by atomic mass is 16.5. The van der Waals surface area contributed by atoms with Gasteiger partial charge >= 0.3 is 0 Å². The fourth-order valence-electron chi connectivity index (χ4n) is 1.29. The minimum atomic E-state index is 0.267. The molecule has 3 nitrogen and oxygen atoms in total. The predicted octanol–water partition coefficient (Wildman–Crippen LogP) is 2.45. The molecule has 1 unspecified atom stereocenters. The second-order valence-corrected chi connectivity index (χ2v) is 4.99. The summed E-state index contributed by atoms with van der Waals surface area (Å²) in [6, 6.07) is 0. The second-order valence-electron chi connectivity index (χ2n) is 4.99. The normalized spacial score (nSPS) is 13.7. The summed E-state index contributed by atoms with van der Waals surface area (Å²) in [6.45, 7) is 14.0. The van der Waals surface area contributed by atoms with E-state index in [4.69, 9.17) is 9.47 Å². The SMILES string of the molecule is CC(C)CCNCC(C)OCCOC(C)C. The molecule has 0 aromatic carbocycles. The van der Waals surface area contributed by atoms with Gasteiger partial charge in [-0.15, -0.1) is 0 Å². The van der Waals surface area contributed by atoms with Gasteiger partial charge in [0.25, 0.3) is 0 Å². The van der Waals surface area contributed by atoms with Crippen molar-refractivity contribution in [2.75, 3.05) is 26.3 Å². The van der Waals surface area contributed by atoms with Crippen LogP contribution in [0.3, 0.4) is 0 Å². The highest BCUT2D eigenvalue weighted by molar-refractivity contribution is 4.56. The average Bonchev–Trinajstić information content (AvgIpc) is 2.19. The van der Waals surface area contributed by atoms with Crippen LogP contribution in [0, 0.1) is 5.92 Å².